The van der Waals surface area contributed by atoms with E-state index in [0.717, 1.165) is 45.1 Å². The van der Waals surface area contributed by atoms with Crippen molar-refractivity contribution < 1.29 is 4.79 Å². The minimum atomic E-state index is -0.490. The van der Waals surface area contributed by atoms with E-state index in [-0.39, 0.29) is 6.03 Å². The Morgan fingerprint density at radius 2 is 1.86 bits per heavy atom. The van der Waals surface area contributed by atoms with Crippen LogP contribution in [0.5, 0.6) is 0 Å². The number of fused-ring (bicyclic) bond motifs is 2. The third-order valence-electron chi connectivity index (χ3n) is 5.30. The van der Waals surface area contributed by atoms with Crippen LogP contribution >= 0.6 is 0 Å². The van der Waals surface area contributed by atoms with E-state index in [1.165, 1.54) is 11.1 Å². The summed E-state index contributed by atoms with van der Waals surface area (Å²) in [4.78, 5) is 16.5. The van der Waals surface area contributed by atoms with E-state index in [1.54, 1.807) is 4.90 Å². The second-order valence-corrected chi connectivity index (χ2v) is 6.37. The summed E-state index contributed by atoms with van der Waals surface area (Å²) < 4.78 is 0. The smallest absolute Gasteiger partial charge is 0.307 e. The number of urea groups is 1. The summed E-state index contributed by atoms with van der Waals surface area (Å²) in [6.45, 7) is 1.48. The van der Waals surface area contributed by atoms with Gasteiger partial charge >= 0.3 is 6.03 Å². The quantitative estimate of drug-likeness (QED) is 0.781. The Labute approximate surface area is 125 Å². The minimum Gasteiger partial charge on any atom is -0.307 e. The molecule has 4 rings (SSSR count). The lowest BCUT2D eigenvalue weighted by molar-refractivity contribution is 0.134. The van der Waals surface area contributed by atoms with Gasteiger partial charge in [-0.1, -0.05) is 24.3 Å². The zero-order valence-electron chi connectivity index (χ0n) is 12.3. The molecule has 3 aliphatic rings. The van der Waals surface area contributed by atoms with Gasteiger partial charge in [-0.15, -0.1) is 0 Å². The Morgan fingerprint density at radius 3 is 2.76 bits per heavy atom. The summed E-state index contributed by atoms with van der Waals surface area (Å²) in [6, 6.07) is 8.51. The fourth-order valence-electron chi connectivity index (χ4n) is 4.29. The topological polar surface area (TPSA) is 47.4 Å². The molecule has 0 aromatic heterocycles. The highest BCUT2D eigenvalue weighted by molar-refractivity contribution is 6.09. The summed E-state index contributed by atoms with van der Waals surface area (Å²) >= 11 is 0. The van der Waals surface area contributed by atoms with Crippen molar-refractivity contribution in [2.75, 3.05) is 13.1 Å². The van der Waals surface area contributed by atoms with Crippen LogP contribution in [0.4, 0.5) is 4.79 Å². The molecule has 1 spiro atoms. The van der Waals surface area contributed by atoms with Gasteiger partial charge in [0.15, 0.2) is 0 Å². The van der Waals surface area contributed by atoms with Crippen LogP contribution in [0.3, 0.4) is 0 Å². The predicted molar refractivity (Wildman–Crippen MR) is 81.4 cm³/mol. The maximum atomic E-state index is 12.8. The molecule has 2 bridgehead atoms. The Bertz CT molecular complexity index is 612. The number of rotatable bonds is 0. The van der Waals surface area contributed by atoms with Crippen LogP contribution in [0.2, 0.25) is 0 Å². The first-order valence-corrected chi connectivity index (χ1v) is 8.02. The molecule has 4 nitrogen and oxygen atoms in total. The SMILES string of the molecule is N=C1N2CCCCc3ccccc3[C@@]13CCCCN3C2=O. The predicted octanol–water partition coefficient (Wildman–Crippen LogP) is 3.12. The van der Waals surface area contributed by atoms with Gasteiger partial charge in [0.1, 0.15) is 11.4 Å². The van der Waals surface area contributed by atoms with E-state index in [2.05, 4.69) is 24.3 Å². The molecule has 2 saturated heterocycles. The number of amidine groups is 1. The molecule has 0 radical (unpaired) electrons. The Hall–Kier alpha value is -1.84. The molecule has 21 heavy (non-hydrogen) atoms. The first-order valence-electron chi connectivity index (χ1n) is 8.02. The second kappa shape index (κ2) is 4.58. The van der Waals surface area contributed by atoms with Gasteiger partial charge in [-0.2, -0.15) is 0 Å². The number of aryl methyl sites for hydroxylation is 1. The lowest BCUT2D eigenvalue weighted by Gasteiger charge is -2.41. The monoisotopic (exact) mass is 283 g/mol. The van der Waals surface area contributed by atoms with Crippen LogP contribution < -0.4 is 0 Å². The average Bonchev–Trinajstić information content (AvgIpc) is 2.76. The van der Waals surface area contributed by atoms with Crippen molar-refractivity contribution in [2.24, 2.45) is 0 Å². The number of carbonyl (C=O) groups is 1. The van der Waals surface area contributed by atoms with E-state index < -0.39 is 5.54 Å². The molecular formula is C17H21N3O. The Kier molecular flexibility index (Phi) is 2.81. The lowest BCUT2D eigenvalue weighted by Crippen LogP contribution is -2.50. The molecule has 3 aliphatic heterocycles. The second-order valence-electron chi connectivity index (χ2n) is 6.37. The van der Waals surface area contributed by atoms with Gasteiger partial charge in [0.2, 0.25) is 0 Å². The van der Waals surface area contributed by atoms with E-state index in [4.69, 9.17) is 5.41 Å². The number of amides is 2. The Morgan fingerprint density at radius 1 is 1.05 bits per heavy atom. The molecule has 1 atom stereocenters. The molecule has 1 aromatic carbocycles. The van der Waals surface area contributed by atoms with Gasteiger partial charge in [-0.05, 0) is 49.7 Å². The summed E-state index contributed by atoms with van der Waals surface area (Å²) in [5, 5.41) is 8.74. The molecular weight excluding hydrogens is 262 g/mol. The maximum Gasteiger partial charge on any atom is 0.326 e. The summed E-state index contributed by atoms with van der Waals surface area (Å²) in [7, 11) is 0. The van der Waals surface area contributed by atoms with Crippen LogP contribution in [0, 0.1) is 5.41 Å². The van der Waals surface area contributed by atoms with E-state index in [0.29, 0.717) is 12.4 Å². The number of nitrogens with one attached hydrogen (secondary N) is 1. The normalized spacial score (nSPS) is 28.6. The molecule has 0 aliphatic carbocycles. The van der Waals surface area contributed by atoms with Gasteiger partial charge in [-0.25, -0.2) is 4.79 Å². The van der Waals surface area contributed by atoms with Crippen molar-refractivity contribution in [1.29, 1.82) is 5.41 Å². The van der Waals surface area contributed by atoms with Crippen molar-refractivity contribution >= 4 is 11.9 Å². The number of hydrogen-bond donors (Lipinski definition) is 1. The third kappa shape index (κ3) is 1.62. The van der Waals surface area contributed by atoms with Crippen LogP contribution in [-0.2, 0) is 12.0 Å². The van der Waals surface area contributed by atoms with E-state index in [1.807, 2.05) is 4.90 Å². The van der Waals surface area contributed by atoms with Crippen LogP contribution in [0.25, 0.3) is 0 Å². The third-order valence-corrected chi connectivity index (χ3v) is 5.30. The number of carbonyl (C=O) groups excluding carboxylic acids is 1. The van der Waals surface area contributed by atoms with Crippen LogP contribution in [-0.4, -0.2) is 34.8 Å². The molecule has 1 aromatic rings. The van der Waals surface area contributed by atoms with Gasteiger partial charge in [0.25, 0.3) is 0 Å². The number of benzene rings is 1. The zero-order chi connectivity index (χ0) is 14.4. The first kappa shape index (κ1) is 12.9. The lowest BCUT2D eigenvalue weighted by atomic mass is 9.78. The number of nitrogens with zero attached hydrogens (tertiary/aromatic N) is 2. The zero-order valence-corrected chi connectivity index (χ0v) is 12.3. The van der Waals surface area contributed by atoms with E-state index in [9.17, 15) is 4.79 Å². The van der Waals surface area contributed by atoms with Crippen LogP contribution in [0.15, 0.2) is 24.3 Å². The van der Waals surface area contributed by atoms with Crippen LogP contribution in [0.1, 0.15) is 43.2 Å². The van der Waals surface area contributed by atoms with Crippen molar-refractivity contribution in [3.05, 3.63) is 35.4 Å². The van der Waals surface area contributed by atoms with Gasteiger partial charge < -0.3 is 4.90 Å². The number of hydrogen-bond acceptors (Lipinski definition) is 2. The van der Waals surface area contributed by atoms with Crippen molar-refractivity contribution in [3.8, 4) is 0 Å². The molecule has 2 amide bonds. The van der Waals surface area contributed by atoms with Gasteiger partial charge in [0, 0.05) is 13.1 Å². The van der Waals surface area contributed by atoms with Crippen molar-refractivity contribution in [3.63, 3.8) is 0 Å². The highest BCUT2D eigenvalue weighted by atomic mass is 16.2. The van der Waals surface area contributed by atoms with E-state index >= 15 is 0 Å². The largest absolute Gasteiger partial charge is 0.326 e. The maximum absolute atomic E-state index is 12.8. The van der Waals surface area contributed by atoms with Gasteiger partial charge in [0.05, 0.1) is 0 Å². The highest BCUT2D eigenvalue weighted by Crippen LogP contribution is 2.46. The summed E-state index contributed by atoms with van der Waals surface area (Å²) in [5.74, 6) is 0.515. The first-order chi connectivity index (χ1) is 10.2. The molecule has 3 heterocycles. The summed E-state index contributed by atoms with van der Waals surface area (Å²) in [5.41, 5.74) is 2.04. The molecule has 0 saturated carbocycles. The molecule has 1 N–H and O–H groups in total. The molecule has 4 heteroatoms. The van der Waals surface area contributed by atoms with Crippen molar-refractivity contribution in [2.45, 2.75) is 44.1 Å². The minimum absolute atomic E-state index is 0.0522. The Balaban J connectivity index is 1.96. The summed E-state index contributed by atoms with van der Waals surface area (Å²) in [6.07, 6.45) is 6.16. The fourth-order valence-corrected chi connectivity index (χ4v) is 4.29. The highest BCUT2D eigenvalue weighted by Gasteiger charge is 2.56. The molecule has 110 valence electrons. The molecule has 2 fully saturated rings. The van der Waals surface area contributed by atoms with Gasteiger partial charge in [-0.3, -0.25) is 10.3 Å². The van der Waals surface area contributed by atoms with Crippen molar-refractivity contribution in [1.82, 2.24) is 9.80 Å². The fraction of sp³-hybridized carbons (Fsp3) is 0.529. The average molecular weight is 283 g/mol. The molecule has 0 unspecified atom stereocenters. The number of piperidine rings is 1. The standard InChI is InChI=1S/C17H21N3O/c18-15-17-10-4-6-12-20(17)16(21)19(15)11-5-3-8-13-7-1-2-9-14(13)17/h1-2,7,9,18H,3-6,8,10-12H2/t17-/m0/s1.